The van der Waals surface area contributed by atoms with E-state index in [4.69, 9.17) is 4.74 Å². The average Bonchev–Trinajstić information content (AvgIpc) is 2.67. The van der Waals surface area contributed by atoms with E-state index in [-0.39, 0.29) is 11.8 Å². The van der Waals surface area contributed by atoms with Gasteiger partial charge in [0.05, 0.1) is 18.7 Å². The normalized spacial score (nSPS) is 17.3. The quantitative estimate of drug-likeness (QED) is 0.932. The highest BCUT2D eigenvalue weighted by atomic mass is 16.5. The highest BCUT2D eigenvalue weighted by Crippen LogP contribution is 2.29. The molecule has 1 amide bonds. The molecule has 1 atom stereocenters. The predicted molar refractivity (Wildman–Crippen MR) is 93.0 cm³/mol. The Morgan fingerprint density at radius 2 is 2.17 bits per heavy atom. The lowest BCUT2D eigenvalue weighted by molar-refractivity contribution is -0.122. The van der Waals surface area contributed by atoms with Gasteiger partial charge in [-0.3, -0.25) is 9.69 Å². The van der Waals surface area contributed by atoms with Crippen molar-refractivity contribution in [2.75, 3.05) is 32.1 Å². The standard InChI is InChI=1S/C18H22N4O2/c1-22(18(23)13-6-5-9-19-11-13)17-10-15(20-12-21-17)14-7-3-4-8-16(14)24-2/h3-4,7-8,10,12-13,19H,5-6,9,11H2,1-2H3/t13-/m1/s1. The van der Waals surface area contributed by atoms with Crippen LogP contribution in [0.2, 0.25) is 0 Å². The van der Waals surface area contributed by atoms with E-state index in [0.29, 0.717) is 5.82 Å². The number of amides is 1. The van der Waals surface area contributed by atoms with Gasteiger partial charge in [0.2, 0.25) is 5.91 Å². The molecule has 0 spiro atoms. The van der Waals surface area contributed by atoms with E-state index in [1.54, 1.807) is 19.1 Å². The van der Waals surface area contributed by atoms with Crippen molar-refractivity contribution >= 4 is 11.7 Å². The molecular weight excluding hydrogens is 304 g/mol. The Morgan fingerprint density at radius 3 is 2.92 bits per heavy atom. The number of para-hydroxylation sites is 1. The van der Waals surface area contributed by atoms with Crippen molar-refractivity contribution in [3.8, 4) is 17.0 Å². The summed E-state index contributed by atoms with van der Waals surface area (Å²) in [4.78, 5) is 22.9. The van der Waals surface area contributed by atoms with Crippen LogP contribution in [0, 0.1) is 5.92 Å². The van der Waals surface area contributed by atoms with Crippen LogP contribution in [-0.2, 0) is 4.79 Å². The molecule has 6 nitrogen and oxygen atoms in total. The maximum absolute atomic E-state index is 12.7. The largest absolute Gasteiger partial charge is 0.496 e. The Bertz CT molecular complexity index is 714. The Hall–Kier alpha value is -2.47. The van der Waals surface area contributed by atoms with Crippen molar-refractivity contribution in [1.29, 1.82) is 0 Å². The van der Waals surface area contributed by atoms with E-state index in [0.717, 1.165) is 42.9 Å². The topological polar surface area (TPSA) is 67.3 Å². The summed E-state index contributed by atoms with van der Waals surface area (Å²) in [6.45, 7) is 1.71. The fourth-order valence-corrected chi connectivity index (χ4v) is 2.98. The van der Waals surface area contributed by atoms with Gasteiger partial charge in [0.1, 0.15) is 17.9 Å². The number of carbonyl (C=O) groups is 1. The van der Waals surface area contributed by atoms with E-state index in [1.165, 1.54) is 6.33 Å². The van der Waals surface area contributed by atoms with Crippen LogP contribution in [0.4, 0.5) is 5.82 Å². The predicted octanol–water partition coefficient (Wildman–Crippen LogP) is 2.11. The minimum absolute atomic E-state index is 0.00780. The van der Waals surface area contributed by atoms with Gasteiger partial charge in [0.25, 0.3) is 0 Å². The molecule has 0 saturated carbocycles. The Kier molecular flexibility index (Phi) is 5.05. The van der Waals surface area contributed by atoms with Crippen molar-refractivity contribution in [3.05, 3.63) is 36.7 Å². The number of nitrogens with one attached hydrogen (secondary N) is 1. The van der Waals surface area contributed by atoms with E-state index < -0.39 is 0 Å². The second kappa shape index (κ2) is 7.40. The Balaban J connectivity index is 1.85. The fourth-order valence-electron chi connectivity index (χ4n) is 2.98. The van der Waals surface area contributed by atoms with Crippen LogP contribution < -0.4 is 15.0 Å². The van der Waals surface area contributed by atoms with Gasteiger partial charge in [0.15, 0.2) is 0 Å². The molecule has 24 heavy (non-hydrogen) atoms. The zero-order chi connectivity index (χ0) is 16.9. The summed E-state index contributed by atoms with van der Waals surface area (Å²) in [6, 6.07) is 9.50. The molecule has 1 fully saturated rings. The first-order chi connectivity index (χ1) is 11.7. The molecule has 2 heterocycles. The number of aromatic nitrogens is 2. The molecule has 3 rings (SSSR count). The van der Waals surface area contributed by atoms with Crippen molar-refractivity contribution < 1.29 is 9.53 Å². The van der Waals surface area contributed by atoms with Crippen LogP contribution in [0.3, 0.4) is 0 Å². The number of carbonyl (C=O) groups excluding carboxylic acids is 1. The molecule has 1 saturated heterocycles. The van der Waals surface area contributed by atoms with Crippen molar-refractivity contribution in [1.82, 2.24) is 15.3 Å². The number of ether oxygens (including phenoxy) is 1. The molecule has 2 aromatic rings. The van der Waals surface area contributed by atoms with Crippen LogP contribution in [0.5, 0.6) is 5.75 Å². The lowest BCUT2D eigenvalue weighted by Crippen LogP contribution is -2.41. The van der Waals surface area contributed by atoms with E-state index in [9.17, 15) is 4.79 Å². The maximum Gasteiger partial charge on any atom is 0.232 e. The summed E-state index contributed by atoms with van der Waals surface area (Å²) in [5.74, 6) is 1.44. The monoisotopic (exact) mass is 326 g/mol. The Labute approximate surface area is 141 Å². The smallest absolute Gasteiger partial charge is 0.232 e. The van der Waals surface area contributed by atoms with Crippen molar-refractivity contribution in [2.24, 2.45) is 5.92 Å². The molecular formula is C18H22N4O2. The van der Waals surface area contributed by atoms with Crippen molar-refractivity contribution in [2.45, 2.75) is 12.8 Å². The van der Waals surface area contributed by atoms with Crippen LogP contribution in [0.1, 0.15) is 12.8 Å². The first-order valence-corrected chi connectivity index (χ1v) is 8.14. The third-order valence-corrected chi connectivity index (χ3v) is 4.36. The van der Waals surface area contributed by atoms with Gasteiger partial charge in [0, 0.05) is 25.2 Å². The summed E-state index contributed by atoms with van der Waals surface area (Å²) < 4.78 is 5.39. The highest BCUT2D eigenvalue weighted by Gasteiger charge is 2.25. The SMILES string of the molecule is COc1ccccc1-c1cc(N(C)C(=O)[C@@H]2CCCNC2)ncn1. The van der Waals surface area contributed by atoms with Gasteiger partial charge < -0.3 is 10.1 Å². The number of benzene rings is 1. The average molecular weight is 326 g/mol. The number of methoxy groups -OCH3 is 1. The first-order valence-electron chi connectivity index (χ1n) is 8.14. The summed E-state index contributed by atoms with van der Waals surface area (Å²) in [5.41, 5.74) is 1.61. The number of hydrogen-bond donors (Lipinski definition) is 1. The maximum atomic E-state index is 12.7. The molecule has 0 aliphatic carbocycles. The molecule has 0 bridgehead atoms. The molecule has 1 N–H and O–H groups in total. The molecule has 1 aromatic carbocycles. The van der Waals surface area contributed by atoms with Crippen LogP contribution in [0.25, 0.3) is 11.3 Å². The molecule has 6 heteroatoms. The van der Waals surface area contributed by atoms with Crippen LogP contribution in [-0.4, -0.2) is 43.1 Å². The highest BCUT2D eigenvalue weighted by molar-refractivity contribution is 5.94. The summed E-state index contributed by atoms with van der Waals surface area (Å²) in [6.07, 6.45) is 3.43. The number of piperidine rings is 1. The number of rotatable bonds is 4. The molecule has 1 aliphatic rings. The van der Waals surface area contributed by atoms with Crippen molar-refractivity contribution in [3.63, 3.8) is 0 Å². The molecule has 0 unspecified atom stereocenters. The van der Waals surface area contributed by atoms with Gasteiger partial charge in [-0.1, -0.05) is 12.1 Å². The zero-order valence-corrected chi connectivity index (χ0v) is 14.0. The summed E-state index contributed by atoms with van der Waals surface area (Å²) in [7, 11) is 3.40. The number of anilines is 1. The summed E-state index contributed by atoms with van der Waals surface area (Å²) >= 11 is 0. The van der Waals surface area contributed by atoms with Gasteiger partial charge in [-0.15, -0.1) is 0 Å². The minimum Gasteiger partial charge on any atom is -0.496 e. The summed E-state index contributed by atoms with van der Waals surface area (Å²) in [5, 5.41) is 3.28. The van der Waals surface area contributed by atoms with E-state index >= 15 is 0 Å². The van der Waals surface area contributed by atoms with E-state index in [2.05, 4.69) is 15.3 Å². The lowest BCUT2D eigenvalue weighted by Gasteiger charge is -2.26. The van der Waals surface area contributed by atoms with Gasteiger partial charge in [-0.2, -0.15) is 0 Å². The molecule has 1 aromatic heterocycles. The second-order valence-electron chi connectivity index (χ2n) is 5.90. The number of nitrogens with zero attached hydrogens (tertiary/aromatic N) is 3. The van der Waals surface area contributed by atoms with Gasteiger partial charge in [-0.05, 0) is 31.5 Å². The van der Waals surface area contributed by atoms with Crippen LogP contribution in [0.15, 0.2) is 36.7 Å². The van der Waals surface area contributed by atoms with Gasteiger partial charge in [-0.25, -0.2) is 9.97 Å². The van der Waals surface area contributed by atoms with E-state index in [1.807, 2.05) is 30.3 Å². The molecule has 0 radical (unpaired) electrons. The molecule has 126 valence electrons. The Morgan fingerprint density at radius 1 is 1.33 bits per heavy atom. The minimum atomic E-state index is 0.00780. The lowest BCUT2D eigenvalue weighted by atomic mass is 9.98. The third-order valence-electron chi connectivity index (χ3n) is 4.36. The number of hydrogen-bond acceptors (Lipinski definition) is 5. The third kappa shape index (κ3) is 3.38. The fraction of sp³-hybridized carbons (Fsp3) is 0.389. The first kappa shape index (κ1) is 16.4. The van der Waals surface area contributed by atoms with Crippen LogP contribution >= 0.6 is 0 Å². The molecule has 1 aliphatic heterocycles. The van der Waals surface area contributed by atoms with Gasteiger partial charge >= 0.3 is 0 Å². The second-order valence-corrected chi connectivity index (χ2v) is 5.90. The zero-order valence-electron chi connectivity index (χ0n) is 14.0.